The number of hydrogen-bond donors (Lipinski definition) is 3. The van der Waals surface area contributed by atoms with E-state index in [2.05, 4.69) is 30.7 Å². The normalized spacial score (nSPS) is 16.2. The Morgan fingerprint density at radius 1 is 0.891 bits per heavy atom. The van der Waals surface area contributed by atoms with Crippen LogP contribution >= 0.6 is 0 Å². The van der Waals surface area contributed by atoms with E-state index < -0.39 is 78.2 Å². The van der Waals surface area contributed by atoms with Gasteiger partial charge in [-0.05, 0) is 65.6 Å². The van der Waals surface area contributed by atoms with E-state index in [1.165, 1.54) is 6.20 Å². The first kappa shape index (κ1) is 35.9. The van der Waals surface area contributed by atoms with Gasteiger partial charge in [0.25, 0.3) is 24.2 Å². The van der Waals surface area contributed by atoms with Gasteiger partial charge in [-0.2, -0.15) is 13.9 Å². The molecule has 2 amide bonds. The van der Waals surface area contributed by atoms with Crippen LogP contribution < -0.4 is 10.6 Å². The summed E-state index contributed by atoms with van der Waals surface area (Å²) in [5, 5.41) is 9.52. The van der Waals surface area contributed by atoms with E-state index in [1.807, 2.05) is 12.1 Å². The number of pyridine rings is 2. The molecule has 0 bridgehead atoms. The average Bonchev–Trinajstić information content (AvgIpc) is 3.87. The number of alkyl halides is 6. The van der Waals surface area contributed by atoms with Crippen LogP contribution in [-0.4, -0.2) is 36.5 Å². The van der Waals surface area contributed by atoms with Crippen molar-refractivity contribution in [3.05, 3.63) is 124 Å². The number of amides is 2. The van der Waals surface area contributed by atoms with E-state index in [0.29, 0.717) is 51.8 Å². The summed E-state index contributed by atoms with van der Waals surface area (Å²) in [5.41, 5.74) is -1.15. The van der Waals surface area contributed by atoms with Crippen LogP contribution in [-0.2, 0) is 36.1 Å². The lowest BCUT2D eigenvalue weighted by Crippen LogP contribution is -2.37. The molecule has 1 aliphatic carbocycles. The molecule has 5 heterocycles. The van der Waals surface area contributed by atoms with Crippen molar-refractivity contribution in [3.8, 4) is 22.4 Å². The van der Waals surface area contributed by atoms with Crippen molar-refractivity contribution in [2.24, 2.45) is 0 Å². The molecule has 0 fully saturated rings. The fraction of sp³-hybridized carbons (Fsp3) is 0.237. The summed E-state index contributed by atoms with van der Waals surface area (Å²) < 4.78 is 117. The SMILES string of the molecule is O=C(Cn1nc(C(F)F)c2c1C(F)(F)CCC2(F)F)N[C@@H](Cc1cc(F)cc(F)c1)c1ncc(-c2ccc3cc[nH]c3n2)cc1-c1ccc2c(c1)C(=O)NC2. The van der Waals surface area contributed by atoms with Gasteiger partial charge in [0.1, 0.15) is 35.2 Å². The van der Waals surface area contributed by atoms with E-state index in [-0.39, 0.29) is 28.3 Å². The molecule has 6 aromatic rings. The Morgan fingerprint density at radius 3 is 2.40 bits per heavy atom. The summed E-state index contributed by atoms with van der Waals surface area (Å²) in [6.45, 7) is -0.903. The van der Waals surface area contributed by atoms with Gasteiger partial charge in [-0.15, -0.1) is 0 Å². The fourth-order valence-electron chi connectivity index (χ4n) is 7.19. The highest BCUT2D eigenvalue weighted by molar-refractivity contribution is 5.99. The van der Waals surface area contributed by atoms with Gasteiger partial charge in [-0.1, -0.05) is 12.1 Å². The molecule has 0 saturated carbocycles. The van der Waals surface area contributed by atoms with Crippen LogP contribution in [0.15, 0.2) is 73.1 Å². The second-order valence-electron chi connectivity index (χ2n) is 13.4. The summed E-state index contributed by atoms with van der Waals surface area (Å²) in [7, 11) is 0. The number of halogens is 8. The van der Waals surface area contributed by atoms with Gasteiger partial charge in [0, 0.05) is 59.9 Å². The fourth-order valence-corrected chi connectivity index (χ4v) is 7.19. The topological polar surface area (TPSA) is 118 Å². The first-order valence-corrected chi connectivity index (χ1v) is 16.9. The van der Waals surface area contributed by atoms with Crippen molar-refractivity contribution in [3.63, 3.8) is 0 Å². The predicted molar refractivity (Wildman–Crippen MR) is 181 cm³/mol. The van der Waals surface area contributed by atoms with E-state index in [9.17, 15) is 35.9 Å². The van der Waals surface area contributed by atoms with Gasteiger partial charge >= 0.3 is 0 Å². The lowest BCUT2D eigenvalue weighted by atomic mass is 9.89. The Labute approximate surface area is 305 Å². The largest absolute Gasteiger partial charge is 0.348 e. The van der Waals surface area contributed by atoms with Gasteiger partial charge in [0.15, 0.2) is 0 Å². The third-order valence-corrected chi connectivity index (χ3v) is 9.70. The maximum atomic E-state index is 15.1. The van der Waals surface area contributed by atoms with Crippen LogP contribution in [0.1, 0.15) is 69.4 Å². The zero-order chi connectivity index (χ0) is 38.8. The van der Waals surface area contributed by atoms with Crippen molar-refractivity contribution in [2.75, 3.05) is 0 Å². The van der Waals surface area contributed by atoms with Crippen molar-refractivity contribution < 1.29 is 44.7 Å². The van der Waals surface area contributed by atoms with Crippen LogP contribution in [0.4, 0.5) is 35.1 Å². The standard InChI is InChI=1S/C38H27F8N7O2/c39-23-9-18(10-24(40)14-23)11-28(50-29(54)17-53-33-30(32(52-53)34(41)42)37(43,44)6-7-38(33,45)46)31-25(20-1-2-21-15-49-36(55)26(21)12-20)13-22(16-48-31)27-4-3-19-5-8-47-35(19)51-27/h1-5,8-10,12-14,16,28,34H,6-7,11,15,17H2,(H,47,51)(H,49,55)(H,50,54)/t28-/m0/s1. The van der Waals surface area contributed by atoms with E-state index in [1.54, 1.807) is 36.5 Å². The zero-order valence-electron chi connectivity index (χ0n) is 28.2. The zero-order valence-corrected chi connectivity index (χ0v) is 28.2. The molecular formula is C38H27F8N7O2. The molecule has 9 nitrogen and oxygen atoms in total. The number of nitrogens with one attached hydrogen (secondary N) is 3. The summed E-state index contributed by atoms with van der Waals surface area (Å²) in [5.74, 6) is -11.4. The number of rotatable bonds is 9. The minimum atomic E-state index is -4.06. The third kappa shape index (κ3) is 6.67. The summed E-state index contributed by atoms with van der Waals surface area (Å²) >= 11 is 0. The number of carbonyl (C=O) groups excluding carboxylic acids is 2. The van der Waals surface area contributed by atoms with Gasteiger partial charge in [-0.3, -0.25) is 19.3 Å². The quantitative estimate of drug-likeness (QED) is 0.129. The number of aromatic nitrogens is 5. The predicted octanol–water partition coefficient (Wildman–Crippen LogP) is 8.03. The van der Waals surface area contributed by atoms with Gasteiger partial charge in [-0.25, -0.2) is 31.3 Å². The Hall–Kier alpha value is -6.13. The maximum absolute atomic E-state index is 15.1. The van der Waals surface area contributed by atoms with Crippen molar-refractivity contribution in [1.29, 1.82) is 0 Å². The van der Waals surface area contributed by atoms with Crippen LogP contribution in [0.2, 0.25) is 0 Å². The highest BCUT2D eigenvalue weighted by Crippen LogP contribution is 2.52. The third-order valence-electron chi connectivity index (χ3n) is 9.70. The molecule has 0 saturated heterocycles. The first-order chi connectivity index (χ1) is 26.2. The van der Waals surface area contributed by atoms with E-state index in [4.69, 9.17) is 0 Å². The molecule has 17 heteroatoms. The highest BCUT2D eigenvalue weighted by Gasteiger charge is 2.55. The van der Waals surface area contributed by atoms with Gasteiger partial charge < -0.3 is 15.6 Å². The molecule has 2 aromatic carbocycles. The number of H-pyrrole nitrogens is 1. The minimum absolute atomic E-state index is 0.0365. The molecule has 282 valence electrons. The number of aromatic amines is 1. The molecule has 0 unspecified atom stereocenters. The van der Waals surface area contributed by atoms with Crippen LogP contribution in [0, 0.1) is 11.6 Å². The number of fused-ring (bicyclic) bond motifs is 3. The van der Waals surface area contributed by atoms with Crippen molar-refractivity contribution in [2.45, 2.75) is 56.7 Å². The van der Waals surface area contributed by atoms with Crippen LogP contribution in [0.3, 0.4) is 0 Å². The smallest absolute Gasteiger partial charge is 0.290 e. The molecule has 0 radical (unpaired) electrons. The van der Waals surface area contributed by atoms with Crippen LogP contribution in [0.25, 0.3) is 33.4 Å². The summed E-state index contributed by atoms with van der Waals surface area (Å²) in [6.07, 6.45) is -3.62. The monoisotopic (exact) mass is 765 g/mol. The van der Waals surface area contributed by atoms with Crippen LogP contribution in [0.5, 0.6) is 0 Å². The lowest BCUT2D eigenvalue weighted by molar-refractivity contribution is -0.123. The van der Waals surface area contributed by atoms with Crippen molar-refractivity contribution in [1.82, 2.24) is 35.4 Å². The van der Waals surface area contributed by atoms with E-state index in [0.717, 1.165) is 17.5 Å². The maximum Gasteiger partial charge on any atom is 0.290 e. The molecular weight excluding hydrogens is 738 g/mol. The number of nitrogens with zero attached hydrogens (tertiary/aromatic N) is 4. The minimum Gasteiger partial charge on any atom is -0.348 e. The molecule has 4 aromatic heterocycles. The molecule has 55 heavy (non-hydrogen) atoms. The number of carbonyl (C=O) groups is 2. The Balaban J connectivity index is 1.24. The summed E-state index contributed by atoms with van der Waals surface area (Å²) in [6, 6.07) is 13.5. The average molecular weight is 766 g/mol. The highest BCUT2D eigenvalue weighted by atomic mass is 19.3. The number of benzene rings is 2. The Bertz CT molecular complexity index is 2490. The molecule has 1 atom stereocenters. The van der Waals surface area contributed by atoms with Crippen molar-refractivity contribution >= 4 is 22.8 Å². The molecule has 8 rings (SSSR count). The first-order valence-electron chi connectivity index (χ1n) is 16.9. The number of hydrogen-bond acceptors (Lipinski definition) is 5. The Kier molecular flexibility index (Phi) is 8.69. The van der Waals surface area contributed by atoms with Gasteiger partial charge in [0.2, 0.25) is 5.91 Å². The van der Waals surface area contributed by atoms with E-state index >= 15 is 8.78 Å². The molecule has 0 spiro atoms. The second kappa shape index (κ2) is 13.3. The Morgan fingerprint density at radius 2 is 1.64 bits per heavy atom. The second-order valence-corrected chi connectivity index (χ2v) is 13.4. The molecule has 3 N–H and O–H groups in total. The molecule has 2 aliphatic rings. The molecule has 1 aliphatic heterocycles. The lowest BCUT2D eigenvalue weighted by Gasteiger charge is -2.29. The summed E-state index contributed by atoms with van der Waals surface area (Å²) in [4.78, 5) is 38.8. The van der Waals surface area contributed by atoms with Gasteiger partial charge in [0.05, 0.1) is 23.0 Å².